The molecule has 0 aromatic carbocycles. The second kappa shape index (κ2) is 6.91. The van der Waals surface area contributed by atoms with E-state index in [1.165, 1.54) is 6.20 Å². The number of hydrogen-bond acceptors (Lipinski definition) is 4. The van der Waals surface area contributed by atoms with Crippen molar-refractivity contribution < 1.29 is 13.9 Å². The van der Waals surface area contributed by atoms with E-state index in [0.29, 0.717) is 30.6 Å². The molecule has 0 saturated heterocycles. The molecule has 0 fully saturated rings. The Morgan fingerprint density at radius 1 is 1.45 bits per heavy atom. The van der Waals surface area contributed by atoms with Gasteiger partial charge in [0.25, 0.3) is 5.91 Å². The second-order valence-corrected chi connectivity index (χ2v) is 4.94. The van der Waals surface area contributed by atoms with Crippen molar-refractivity contribution >= 4 is 5.91 Å². The summed E-state index contributed by atoms with van der Waals surface area (Å²) in [6.07, 6.45) is 3.11. The normalized spacial score (nSPS) is 12.6. The quantitative estimate of drug-likeness (QED) is 0.812. The first-order valence-corrected chi connectivity index (χ1v) is 6.58. The number of aromatic nitrogens is 2. The van der Waals surface area contributed by atoms with Crippen LogP contribution in [-0.2, 0) is 4.74 Å². The van der Waals surface area contributed by atoms with Gasteiger partial charge in [0.15, 0.2) is 0 Å². The molecule has 0 saturated carbocycles. The highest BCUT2D eigenvalue weighted by Gasteiger charge is 2.19. The van der Waals surface area contributed by atoms with E-state index in [4.69, 9.17) is 9.15 Å². The van der Waals surface area contributed by atoms with Crippen molar-refractivity contribution in [1.29, 1.82) is 0 Å². The maximum atomic E-state index is 12.0. The maximum Gasteiger partial charge on any atom is 0.269 e. The van der Waals surface area contributed by atoms with Crippen LogP contribution in [0.25, 0.3) is 0 Å². The molecule has 1 amide bonds. The molecule has 1 atom stereocenters. The van der Waals surface area contributed by atoms with Gasteiger partial charge in [-0.3, -0.25) is 9.89 Å². The Hall–Kier alpha value is -2.08. The molecule has 108 valence electrons. The number of hydrogen-bond donors (Lipinski definition) is 2. The van der Waals surface area contributed by atoms with E-state index < -0.39 is 0 Å². The van der Waals surface area contributed by atoms with E-state index >= 15 is 0 Å². The fourth-order valence-electron chi connectivity index (χ4n) is 1.72. The molecule has 2 heterocycles. The van der Waals surface area contributed by atoms with Crippen LogP contribution in [0.2, 0.25) is 0 Å². The zero-order chi connectivity index (χ0) is 14.4. The fraction of sp³-hybridized carbons (Fsp3) is 0.429. The van der Waals surface area contributed by atoms with Crippen molar-refractivity contribution in [1.82, 2.24) is 15.5 Å². The van der Waals surface area contributed by atoms with Gasteiger partial charge in [-0.05, 0) is 24.1 Å². The summed E-state index contributed by atoms with van der Waals surface area (Å²) in [6.45, 7) is 5.15. The van der Waals surface area contributed by atoms with Crippen molar-refractivity contribution in [2.24, 2.45) is 5.92 Å². The summed E-state index contributed by atoms with van der Waals surface area (Å²) < 4.78 is 10.9. The van der Waals surface area contributed by atoms with Gasteiger partial charge in [0.1, 0.15) is 17.5 Å². The first-order chi connectivity index (χ1) is 9.66. The van der Waals surface area contributed by atoms with Gasteiger partial charge in [0, 0.05) is 12.8 Å². The predicted molar refractivity (Wildman–Crippen MR) is 73.2 cm³/mol. The van der Waals surface area contributed by atoms with E-state index in [2.05, 4.69) is 29.4 Å². The molecule has 2 aromatic heterocycles. The first kappa shape index (κ1) is 14.3. The van der Waals surface area contributed by atoms with Crippen molar-refractivity contribution in [2.45, 2.75) is 19.9 Å². The molecule has 0 spiro atoms. The Morgan fingerprint density at radius 2 is 2.30 bits per heavy atom. The van der Waals surface area contributed by atoms with Gasteiger partial charge in [-0.1, -0.05) is 13.8 Å². The number of amides is 1. The Bertz CT molecular complexity index is 506. The Morgan fingerprint density at radius 3 is 2.90 bits per heavy atom. The lowest BCUT2D eigenvalue weighted by atomic mass is 10.2. The van der Waals surface area contributed by atoms with Crippen molar-refractivity contribution in [3.05, 3.63) is 42.1 Å². The summed E-state index contributed by atoms with van der Waals surface area (Å²) in [5.41, 5.74) is 0.408. The summed E-state index contributed by atoms with van der Waals surface area (Å²) in [5, 5.41) is 9.25. The van der Waals surface area contributed by atoms with Crippen LogP contribution in [-0.4, -0.2) is 29.3 Å². The molecule has 2 rings (SSSR count). The van der Waals surface area contributed by atoms with Gasteiger partial charge < -0.3 is 14.5 Å². The number of nitrogens with zero attached hydrogens (tertiary/aromatic N) is 1. The molecule has 2 N–H and O–H groups in total. The Labute approximate surface area is 117 Å². The van der Waals surface area contributed by atoms with Gasteiger partial charge in [0.05, 0.1) is 12.9 Å². The molecule has 2 aromatic rings. The minimum Gasteiger partial charge on any atom is -0.467 e. The topological polar surface area (TPSA) is 80.1 Å². The van der Waals surface area contributed by atoms with Crippen LogP contribution < -0.4 is 5.32 Å². The molecule has 0 unspecified atom stereocenters. The number of carbonyl (C=O) groups excluding carboxylic acids is 1. The molecule has 0 aliphatic carbocycles. The van der Waals surface area contributed by atoms with Gasteiger partial charge in [0.2, 0.25) is 0 Å². The third-order valence-electron chi connectivity index (χ3n) is 2.67. The first-order valence-electron chi connectivity index (χ1n) is 6.58. The van der Waals surface area contributed by atoms with Crippen molar-refractivity contribution in [2.75, 3.05) is 13.2 Å². The minimum absolute atomic E-state index is 0.239. The highest BCUT2D eigenvalue weighted by Crippen LogP contribution is 2.15. The number of ether oxygens (including phenoxy) is 1. The summed E-state index contributed by atoms with van der Waals surface area (Å²) in [5.74, 6) is 0.870. The summed E-state index contributed by atoms with van der Waals surface area (Å²) in [6, 6.07) is 4.90. The summed E-state index contributed by atoms with van der Waals surface area (Å²) in [4.78, 5) is 12.0. The molecule has 0 radical (unpaired) electrons. The van der Waals surface area contributed by atoms with Crippen LogP contribution in [0.15, 0.2) is 35.1 Å². The molecule has 0 aliphatic heterocycles. The van der Waals surface area contributed by atoms with Gasteiger partial charge in [-0.15, -0.1) is 0 Å². The monoisotopic (exact) mass is 277 g/mol. The van der Waals surface area contributed by atoms with E-state index in [-0.39, 0.29) is 11.9 Å². The average Bonchev–Trinajstić information content (AvgIpc) is 3.10. The molecule has 6 heteroatoms. The lowest BCUT2D eigenvalue weighted by Crippen LogP contribution is -2.32. The molecule has 0 aliphatic rings. The van der Waals surface area contributed by atoms with Gasteiger partial charge >= 0.3 is 0 Å². The molecule has 0 bridgehead atoms. The summed E-state index contributed by atoms with van der Waals surface area (Å²) in [7, 11) is 0. The maximum absolute atomic E-state index is 12.0. The van der Waals surface area contributed by atoms with Crippen molar-refractivity contribution in [3.8, 4) is 0 Å². The van der Waals surface area contributed by atoms with Crippen LogP contribution >= 0.6 is 0 Å². The van der Waals surface area contributed by atoms with Crippen LogP contribution in [0.3, 0.4) is 0 Å². The fourth-order valence-corrected chi connectivity index (χ4v) is 1.72. The molecule has 20 heavy (non-hydrogen) atoms. The second-order valence-electron chi connectivity index (χ2n) is 4.94. The molecular formula is C14H19N3O3. The van der Waals surface area contributed by atoms with Gasteiger partial charge in [-0.2, -0.15) is 5.10 Å². The number of aromatic amines is 1. The highest BCUT2D eigenvalue weighted by atomic mass is 16.5. The lowest BCUT2D eigenvalue weighted by Gasteiger charge is -2.17. The van der Waals surface area contributed by atoms with E-state index in [9.17, 15) is 4.79 Å². The largest absolute Gasteiger partial charge is 0.467 e. The Kier molecular flexibility index (Phi) is 4.95. The van der Waals surface area contributed by atoms with Crippen LogP contribution in [0.4, 0.5) is 0 Å². The summed E-state index contributed by atoms with van der Waals surface area (Å²) >= 11 is 0. The minimum atomic E-state index is -0.320. The molecule has 6 nitrogen and oxygen atoms in total. The number of rotatable bonds is 7. The Balaban J connectivity index is 1.97. The third-order valence-corrected chi connectivity index (χ3v) is 2.67. The van der Waals surface area contributed by atoms with Crippen LogP contribution in [0.5, 0.6) is 0 Å². The van der Waals surface area contributed by atoms with Crippen LogP contribution in [0, 0.1) is 5.92 Å². The van der Waals surface area contributed by atoms with Crippen LogP contribution in [0.1, 0.15) is 36.1 Å². The molecular weight excluding hydrogens is 258 g/mol. The highest BCUT2D eigenvalue weighted by molar-refractivity contribution is 5.92. The number of H-pyrrole nitrogens is 1. The van der Waals surface area contributed by atoms with Gasteiger partial charge in [-0.25, -0.2) is 0 Å². The van der Waals surface area contributed by atoms with E-state index in [1.54, 1.807) is 18.4 Å². The SMILES string of the molecule is CC(C)COC[C@@H](NC(=O)c1ccn[nH]1)c1ccco1. The zero-order valence-electron chi connectivity index (χ0n) is 11.6. The van der Waals surface area contributed by atoms with Crippen molar-refractivity contribution in [3.63, 3.8) is 0 Å². The number of carbonyl (C=O) groups is 1. The number of furan rings is 1. The number of nitrogens with one attached hydrogen (secondary N) is 2. The lowest BCUT2D eigenvalue weighted by molar-refractivity contribution is 0.0727. The van der Waals surface area contributed by atoms with E-state index in [1.807, 2.05) is 6.07 Å². The third kappa shape index (κ3) is 3.96. The smallest absolute Gasteiger partial charge is 0.269 e. The predicted octanol–water partition coefficient (Wildman–Crippen LogP) is 2.15. The van der Waals surface area contributed by atoms with E-state index in [0.717, 1.165) is 0 Å². The zero-order valence-corrected chi connectivity index (χ0v) is 11.6. The standard InChI is InChI=1S/C14H19N3O3/c1-10(2)8-19-9-12(13-4-3-7-20-13)16-14(18)11-5-6-15-17-11/h3-7,10,12H,8-9H2,1-2H3,(H,15,17)(H,16,18)/t12-/m1/s1. The average molecular weight is 277 g/mol.